The normalized spacial score (nSPS) is 11.2. The van der Waals surface area contributed by atoms with Gasteiger partial charge in [-0.05, 0) is 29.5 Å². The van der Waals surface area contributed by atoms with Gasteiger partial charge in [0.1, 0.15) is 18.0 Å². The quantitative estimate of drug-likeness (QED) is 0.361. The van der Waals surface area contributed by atoms with Crippen molar-refractivity contribution in [3.05, 3.63) is 83.3 Å². The van der Waals surface area contributed by atoms with Crippen molar-refractivity contribution in [1.29, 1.82) is 0 Å². The Labute approximate surface area is 194 Å². The smallest absolute Gasteiger partial charge is 0.236 e. The molecule has 0 N–H and O–H groups in total. The maximum Gasteiger partial charge on any atom is 0.236 e. The Morgan fingerprint density at radius 2 is 1.67 bits per heavy atom. The van der Waals surface area contributed by atoms with Crippen molar-refractivity contribution in [2.75, 3.05) is 7.11 Å². The third-order valence-electron chi connectivity index (χ3n) is 5.47. The maximum atomic E-state index is 12.2. The summed E-state index contributed by atoms with van der Waals surface area (Å²) >= 11 is 0. The molecule has 2 aromatic carbocycles. The fourth-order valence-electron chi connectivity index (χ4n) is 3.94. The van der Waals surface area contributed by atoms with E-state index in [-0.39, 0.29) is 5.91 Å². The summed E-state index contributed by atoms with van der Waals surface area (Å²) in [7, 11) is 1.61. The SMILES string of the molecule is COc1nc(CC(C)C)c(OCc2ccccc2)nc1Cc1cn(C(C)=O)c2ccccc12. The van der Waals surface area contributed by atoms with Crippen LogP contribution in [0.4, 0.5) is 0 Å². The number of ether oxygens (including phenoxy) is 2. The molecule has 0 aliphatic heterocycles. The van der Waals surface area contributed by atoms with Gasteiger partial charge >= 0.3 is 0 Å². The van der Waals surface area contributed by atoms with Gasteiger partial charge in [0.05, 0.1) is 12.6 Å². The molecule has 0 aliphatic carbocycles. The minimum absolute atomic E-state index is 0.0327. The van der Waals surface area contributed by atoms with E-state index >= 15 is 0 Å². The van der Waals surface area contributed by atoms with E-state index in [2.05, 4.69) is 13.8 Å². The van der Waals surface area contributed by atoms with Gasteiger partial charge < -0.3 is 9.47 Å². The molecule has 4 rings (SSSR count). The number of hydrogen-bond acceptors (Lipinski definition) is 5. The number of nitrogens with zero attached hydrogens (tertiary/aromatic N) is 3. The van der Waals surface area contributed by atoms with Gasteiger partial charge in [-0.15, -0.1) is 0 Å². The molecule has 0 amide bonds. The molecule has 0 bridgehead atoms. The largest absolute Gasteiger partial charge is 0.480 e. The highest BCUT2D eigenvalue weighted by atomic mass is 16.5. The van der Waals surface area contributed by atoms with Gasteiger partial charge in [0.15, 0.2) is 0 Å². The zero-order valence-electron chi connectivity index (χ0n) is 19.5. The molecular weight excluding hydrogens is 414 g/mol. The van der Waals surface area contributed by atoms with Crippen LogP contribution >= 0.6 is 0 Å². The van der Waals surface area contributed by atoms with Gasteiger partial charge in [0, 0.05) is 24.9 Å². The molecule has 0 radical (unpaired) electrons. The van der Waals surface area contributed by atoms with Crippen molar-refractivity contribution in [3.8, 4) is 11.8 Å². The number of methoxy groups -OCH3 is 1. The van der Waals surface area contributed by atoms with Crippen LogP contribution in [0.3, 0.4) is 0 Å². The zero-order chi connectivity index (χ0) is 23.4. The molecule has 0 aliphatic rings. The monoisotopic (exact) mass is 443 g/mol. The lowest BCUT2D eigenvalue weighted by atomic mass is 10.1. The van der Waals surface area contributed by atoms with Crippen LogP contribution in [0.25, 0.3) is 10.9 Å². The first-order valence-electron chi connectivity index (χ1n) is 11.2. The second kappa shape index (κ2) is 9.86. The number of hydrogen-bond donors (Lipinski definition) is 0. The number of rotatable bonds is 8. The summed E-state index contributed by atoms with van der Waals surface area (Å²) in [6, 6.07) is 17.9. The minimum Gasteiger partial charge on any atom is -0.480 e. The Balaban J connectivity index is 1.73. The van der Waals surface area contributed by atoms with Gasteiger partial charge in [0.25, 0.3) is 0 Å². The zero-order valence-corrected chi connectivity index (χ0v) is 19.5. The molecule has 6 heteroatoms. The maximum absolute atomic E-state index is 12.2. The summed E-state index contributed by atoms with van der Waals surface area (Å²) in [6.45, 7) is 6.25. The van der Waals surface area contributed by atoms with Crippen LogP contribution < -0.4 is 9.47 Å². The third kappa shape index (κ3) is 5.06. The molecule has 0 unspecified atom stereocenters. The number of aromatic nitrogens is 3. The number of fused-ring (bicyclic) bond motifs is 1. The van der Waals surface area contributed by atoms with Gasteiger partial charge in [-0.1, -0.05) is 62.4 Å². The summed E-state index contributed by atoms with van der Waals surface area (Å²) in [5.74, 6) is 1.37. The van der Waals surface area contributed by atoms with E-state index < -0.39 is 0 Å². The molecule has 170 valence electrons. The molecule has 0 fully saturated rings. The van der Waals surface area contributed by atoms with Gasteiger partial charge in [-0.2, -0.15) is 0 Å². The molecule has 0 atom stereocenters. The lowest BCUT2D eigenvalue weighted by Crippen LogP contribution is -2.10. The van der Waals surface area contributed by atoms with E-state index in [4.69, 9.17) is 19.4 Å². The highest BCUT2D eigenvalue weighted by molar-refractivity contribution is 5.93. The van der Waals surface area contributed by atoms with E-state index in [1.807, 2.05) is 60.8 Å². The Kier molecular flexibility index (Phi) is 6.73. The van der Waals surface area contributed by atoms with Gasteiger partial charge in [0.2, 0.25) is 17.7 Å². The van der Waals surface area contributed by atoms with Crippen LogP contribution in [0.15, 0.2) is 60.8 Å². The molecule has 0 spiro atoms. The summed E-state index contributed by atoms with van der Waals surface area (Å²) in [6.07, 6.45) is 3.08. The van der Waals surface area contributed by atoms with Crippen LogP contribution in [0, 0.1) is 5.92 Å². The fraction of sp³-hybridized carbons (Fsp3) is 0.296. The molecule has 4 aromatic rings. The third-order valence-corrected chi connectivity index (χ3v) is 5.47. The molecule has 0 saturated carbocycles. The number of carbonyl (C=O) groups excluding carboxylic acids is 1. The standard InChI is InChI=1S/C27H29N3O3/c1-18(2)14-23-27(33-17-20-10-6-5-7-11-20)29-24(26(28-23)32-4)15-21-16-30(19(3)31)25-13-9-8-12-22(21)25/h5-13,16,18H,14-15,17H2,1-4H3. The van der Waals surface area contributed by atoms with Crippen molar-refractivity contribution < 1.29 is 14.3 Å². The first kappa shape index (κ1) is 22.5. The average Bonchev–Trinajstić information content (AvgIpc) is 3.18. The molecule has 2 aromatic heterocycles. The Hall–Kier alpha value is -3.67. The van der Waals surface area contributed by atoms with Gasteiger partial charge in [-0.3, -0.25) is 9.36 Å². The first-order chi connectivity index (χ1) is 16.0. The van der Waals surface area contributed by atoms with E-state index in [1.165, 1.54) is 0 Å². The van der Waals surface area contributed by atoms with Crippen LogP contribution in [0.2, 0.25) is 0 Å². The lowest BCUT2D eigenvalue weighted by molar-refractivity contribution is 0.0941. The molecular formula is C27H29N3O3. The molecule has 0 saturated heterocycles. The first-order valence-corrected chi connectivity index (χ1v) is 11.2. The second-order valence-corrected chi connectivity index (χ2v) is 8.54. The van der Waals surface area contributed by atoms with Crippen molar-refractivity contribution in [1.82, 2.24) is 14.5 Å². The summed E-state index contributed by atoms with van der Waals surface area (Å²) in [5, 5.41) is 1.01. The Bertz CT molecular complexity index is 1260. The number of para-hydroxylation sites is 1. The number of benzene rings is 2. The Morgan fingerprint density at radius 3 is 2.36 bits per heavy atom. The van der Waals surface area contributed by atoms with Crippen LogP contribution in [-0.4, -0.2) is 27.6 Å². The molecule has 33 heavy (non-hydrogen) atoms. The van der Waals surface area contributed by atoms with E-state index in [1.54, 1.807) is 18.6 Å². The van der Waals surface area contributed by atoms with Crippen molar-refractivity contribution >= 4 is 16.8 Å². The summed E-state index contributed by atoms with van der Waals surface area (Å²) in [4.78, 5) is 21.8. The number of carbonyl (C=O) groups is 1. The molecule has 2 heterocycles. The van der Waals surface area contributed by atoms with Gasteiger partial charge in [-0.25, -0.2) is 9.97 Å². The topological polar surface area (TPSA) is 66.2 Å². The molecule has 6 nitrogen and oxygen atoms in total. The van der Waals surface area contributed by atoms with Crippen LogP contribution in [-0.2, 0) is 19.4 Å². The van der Waals surface area contributed by atoms with E-state index in [0.717, 1.165) is 34.1 Å². The van der Waals surface area contributed by atoms with Crippen LogP contribution in [0.1, 0.15) is 48.1 Å². The average molecular weight is 444 g/mol. The van der Waals surface area contributed by atoms with Crippen LogP contribution in [0.5, 0.6) is 11.8 Å². The van der Waals surface area contributed by atoms with E-state index in [9.17, 15) is 4.79 Å². The van der Waals surface area contributed by atoms with Crippen molar-refractivity contribution in [3.63, 3.8) is 0 Å². The highest BCUT2D eigenvalue weighted by Gasteiger charge is 2.19. The Morgan fingerprint density at radius 1 is 0.970 bits per heavy atom. The summed E-state index contributed by atoms with van der Waals surface area (Å²) < 4.78 is 13.4. The second-order valence-electron chi connectivity index (χ2n) is 8.54. The fourth-order valence-corrected chi connectivity index (χ4v) is 3.94. The highest BCUT2D eigenvalue weighted by Crippen LogP contribution is 2.29. The van der Waals surface area contributed by atoms with Crippen molar-refractivity contribution in [2.45, 2.75) is 40.2 Å². The minimum atomic E-state index is -0.0327. The summed E-state index contributed by atoms with van der Waals surface area (Å²) in [5.41, 5.74) is 4.40. The predicted octanol–water partition coefficient (Wildman–Crippen LogP) is 5.47. The predicted molar refractivity (Wildman–Crippen MR) is 129 cm³/mol. The van der Waals surface area contributed by atoms with E-state index in [0.29, 0.717) is 36.4 Å². The lowest BCUT2D eigenvalue weighted by Gasteiger charge is -2.15. The van der Waals surface area contributed by atoms with Crippen molar-refractivity contribution in [2.24, 2.45) is 5.92 Å².